The van der Waals surface area contributed by atoms with E-state index in [0.717, 1.165) is 23.9 Å². The van der Waals surface area contributed by atoms with E-state index in [4.69, 9.17) is 5.26 Å². The van der Waals surface area contributed by atoms with Crippen LogP contribution in [0.15, 0.2) is 53.4 Å². The highest BCUT2D eigenvalue weighted by atomic mass is 32.2. The molecule has 0 atom stereocenters. The van der Waals surface area contributed by atoms with Crippen LogP contribution < -0.4 is 4.90 Å². The summed E-state index contributed by atoms with van der Waals surface area (Å²) < 4.78 is 26.0. The maximum Gasteiger partial charge on any atom is 0.238 e. The molecule has 0 aliphatic rings. The van der Waals surface area contributed by atoms with Gasteiger partial charge in [0.15, 0.2) is 11.6 Å². The van der Waals surface area contributed by atoms with Crippen LogP contribution in [0.2, 0.25) is 0 Å². The van der Waals surface area contributed by atoms with E-state index in [9.17, 15) is 13.6 Å². The Balaban J connectivity index is 2.05. The fourth-order valence-electron chi connectivity index (χ4n) is 1.79. The summed E-state index contributed by atoms with van der Waals surface area (Å²) >= 11 is 1.09. The molecule has 2 rings (SSSR count). The molecule has 112 valence electrons. The van der Waals surface area contributed by atoms with Crippen LogP contribution in [0.25, 0.3) is 0 Å². The number of nitriles is 1. The first-order valence-corrected chi connectivity index (χ1v) is 7.40. The fraction of sp³-hybridized carbons (Fsp3) is 0.125. The molecule has 2 aromatic carbocycles. The standard InChI is InChI=1S/C16H12F2N2OS/c17-14-7-6-13(10-15(14)18)22-11-16(21)20(9-8-19)12-4-2-1-3-5-12/h1-7,10H,9,11H2. The third kappa shape index (κ3) is 4.06. The number of carbonyl (C=O) groups is 1. The third-order valence-corrected chi connectivity index (χ3v) is 3.83. The Labute approximate surface area is 131 Å². The zero-order valence-electron chi connectivity index (χ0n) is 11.5. The Kier molecular flexibility index (Phi) is 5.50. The molecule has 6 heteroatoms. The molecule has 0 unspecified atom stereocenters. The number of hydrogen-bond donors (Lipinski definition) is 0. The van der Waals surface area contributed by atoms with Gasteiger partial charge >= 0.3 is 0 Å². The summed E-state index contributed by atoms with van der Waals surface area (Å²) in [6.45, 7) is -0.0683. The van der Waals surface area contributed by atoms with Gasteiger partial charge in [0.2, 0.25) is 5.91 Å². The van der Waals surface area contributed by atoms with Gasteiger partial charge in [0.25, 0.3) is 0 Å². The van der Waals surface area contributed by atoms with Gasteiger partial charge in [0, 0.05) is 10.6 Å². The number of carbonyl (C=O) groups excluding carboxylic acids is 1. The van der Waals surface area contributed by atoms with E-state index in [1.165, 1.54) is 11.0 Å². The number of nitrogens with zero attached hydrogens (tertiary/aromatic N) is 2. The summed E-state index contributed by atoms with van der Waals surface area (Å²) in [5.41, 5.74) is 0.625. The summed E-state index contributed by atoms with van der Waals surface area (Å²) in [6, 6.07) is 14.3. The third-order valence-electron chi connectivity index (χ3n) is 2.85. The molecule has 0 saturated heterocycles. The van der Waals surface area contributed by atoms with Crippen molar-refractivity contribution in [3.63, 3.8) is 0 Å². The molecule has 0 spiro atoms. The number of rotatable bonds is 5. The average Bonchev–Trinajstić information content (AvgIpc) is 2.54. The van der Waals surface area contributed by atoms with Gasteiger partial charge in [-0.2, -0.15) is 5.26 Å². The van der Waals surface area contributed by atoms with Crippen molar-refractivity contribution in [3.05, 3.63) is 60.2 Å². The first kappa shape index (κ1) is 16.0. The summed E-state index contributed by atoms with van der Waals surface area (Å²) in [5.74, 6) is -2.12. The maximum atomic E-state index is 13.1. The molecule has 0 radical (unpaired) electrons. The van der Waals surface area contributed by atoms with Gasteiger partial charge in [-0.05, 0) is 30.3 Å². The highest BCUT2D eigenvalue weighted by Gasteiger charge is 2.15. The molecular formula is C16H12F2N2OS. The minimum absolute atomic E-state index is 0.0294. The van der Waals surface area contributed by atoms with Crippen molar-refractivity contribution in [2.45, 2.75) is 4.90 Å². The zero-order chi connectivity index (χ0) is 15.9. The van der Waals surface area contributed by atoms with E-state index in [1.807, 2.05) is 12.1 Å². The lowest BCUT2D eigenvalue weighted by Gasteiger charge is -2.19. The van der Waals surface area contributed by atoms with Crippen LogP contribution in [0.3, 0.4) is 0 Å². The van der Waals surface area contributed by atoms with E-state index in [1.54, 1.807) is 24.3 Å². The number of anilines is 1. The second kappa shape index (κ2) is 7.57. The molecule has 0 aliphatic heterocycles. The molecule has 0 N–H and O–H groups in total. The maximum absolute atomic E-state index is 13.1. The van der Waals surface area contributed by atoms with Crippen molar-refractivity contribution in [2.75, 3.05) is 17.2 Å². The summed E-state index contributed by atoms with van der Waals surface area (Å²) in [4.78, 5) is 14.1. The summed E-state index contributed by atoms with van der Waals surface area (Å²) in [5, 5.41) is 8.86. The smallest absolute Gasteiger partial charge is 0.238 e. The number of hydrogen-bond acceptors (Lipinski definition) is 3. The van der Waals surface area contributed by atoms with Crippen molar-refractivity contribution in [3.8, 4) is 6.07 Å². The van der Waals surface area contributed by atoms with Crippen LogP contribution in [0.1, 0.15) is 0 Å². The Hall–Kier alpha value is -2.39. The van der Waals surface area contributed by atoms with Gasteiger partial charge in [-0.25, -0.2) is 8.78 Å². The Morgan fingerprint density at radius 1 is 1.14 bits per heavy atom. The molecule has 3 nitrogen and oxygen atoms in total. The number of benzene rings is 2. The lowest BCUT2D eigenvalue weighted by atomic mass is 10.3. The predicted molar refractivity (Wildman–Crippen MR) is 81.5 cm³/mol. The van der Waals surface area contributed by atoms with Crippen molar-refractivity contribution < 1.29 is 13.6 Å². The topological polar surface area (TPSA) is 44.1 Å². The van der Waals surface area contributed by atoms with E-state index < -0.39 is 11.6 Å². The average molecular weight is 318 g/mol. The van der Waals surface area contributed by atoms with Gasteiger partial charge < -0.3 is 0 Å². The van der Waals surface area contributed by atoms with Crippen molar-refractivity contribution in [1.82, 2.24) is 0 Å². The van der Waals surface area contributed by atoms with Gasteiger partial charge in [0.05, 0.1) is 11.8 Å². The minimum atomic E-state index is -0.950. The van der Waals surface area contributed by atoms with Crippen LogP contribution >= 0.6 is 11.8 Å². The van der Waals surface area contributed by atoms with Crippen molar-refractivity contribution in [2.24, 2.45) is 0 Å². The number of halogens is 2. The molecule has 0 bridgehead atoms. The molecule has 0 aromatic heterocycles. The second-order valence-electron chi connectivity index (χ2n) is 4.34. The van der Waals surface area contributed by atoms with Gasteiger partial charge in [0.1, 0.15) is 6.54 Å². The number of para-hydroxylation sites is 1. The lowest BCUT2D eigenvalue weighted by Crippen LogP contribution is -2.32. The molecular weight excluding hydrogens is 306 g/mol. The molecule has 22 heavy (non-hydrogen) atoms. The highest BCUT2D eigenvalue weighted by molar-refractivity contribution is 8.00. The second-order valence-corrected chi connectivity index (χ2v) is 5.39. The predicted octanol–water partition coefficient (Wildman–Crippen LogP) is 3.61. The molecule has 0 aliphatic carbocycles. The van der Waals surface area contributed by atoms with Crippen LogP contribution in [0, 0.1) is 23.0 Å². The Morgan fingerprint density at radius 2 is 1.86 bits per heavy atom. The van der Waals surface area contributed by atoms with E-state index in [2.05, 4.69) is 0 Å². The zero-order valence-corrected chi connectivity index (χ0v) is 12.3. The van der Waals surface area contributed by atoms with Gasteiger partial charge in [-0.1, -0.05) is 18.2 Å². The van der Waals surface area contributed by atoms with Crippen LogP contribution in [0.5, 0.6) is 0 Å². The van der Waals surface area contributed by atoms with Crippen LogP contribution in [-0.4, -0.2) is 18.2 Å². The van der Waals surface area contributed by atoms with Crippen LogP contribution in [-0.2, 0) is 4.79 Å². The SMILES string of the molecule is N#CCN(C(=O)CSc1ccc(F)c(F)c1)c1ccccc1. The van der Waals surface area contributed by atoms with Gasteiger partial charge in [-0.3, -0.25) is 9.69 Å². The van der Waals surface area contributed by atoms with E-state index in [0.29, 0.717) is 10.6 Å². The molecule has 0 saturated carbocycles. The summed E-state index contributed by atoms with van der Waals surface area (Å²) in [6.07, 6.45) is 0. The number of amides is 1. The minimum Gasteiger partial charge on any atom is -0.298 e. The van der Waals surface area contributed by atoms with Gasteiger partial charge in [-0.15, -0.1) is 11.8 Å². The largest absolute Gasteiger partial charge is 0.298 e. The fourth-order valence-corrected chi connectivity index (χ4v) is 2.59. The summed E-state index contributed by atoms with van der Waals surface area (Å²) in [7, 11) is 0. The molecule has 2 aromatic rings. The monoisotopic (exact) mass is 318 g/mol. The van der Waals surface area contributed by atoms with Crippen molar-refractivity contribution in [1.29, 1.82) is 5.26 Å². The highest BCUT2D eigenvalue weighted by Crippen LogP contribution is 2.22. The lowest BCUT2D eigenvalue weighted by molar-refractivity contribution is -0.116. The molecule has 1 amide bonds. The van der Waals surface area contributed by atoms with Crippen molar-refractivity contribution >= 4 is 23.4 Å². The Bertz CT molecular complexity index is 701. The van der Waals surface area contributed by atoms with E-state index >= 15 is 0 Å². The first-order chi connectivity index (χ1) is 10.6. The number of thioether (sulfide) groups is 1. The molecule has 0 fully saturated rings. The van der Waals surface area contributed by atoms with E-state index in [-0.39, 0.29) is 18.2 Å². The Morgan fingerprint density at radius 3 is 2.50 bits per heavy atom. The van der Waals surface area contributed by atoms with Crippen LogP contribution in [0.4, 0.5) is 14.5 Å². The first-order valence-electron chi connectivity index (χ1n) is 6.42. The quantitative estimate of drug-likeness (QED) is 0.625. The molecule has 0 heterocycles. The normalized spacial score (nSPS) is 10.0.